The zero-order chi connectivity index (χ0) is 24.4. The fraction of sp³-hybridized carbons (Fsp3) is 0.0769. The van der Waals surface area contributed by atoms with Gasteiger partial charge in [-0.25, -0.2) is 4.98 Å². The second kappa shape index (κ2) is 9.69. The lowest BCUT2D eigenvalue weighted by molar-refractivity contribution is 0.415. The van der Waals surface area contributed by atoms with Gasteiger partial charge in [0, 0.05) is 21.5 Å². The molecule has 0 aliphatic rings. The highest BCUT2D eigenvalue weighted by molar-refractivity contribution is 7.12. The molecule has 0 amide bonds. The Morgan fingerprint density at radius 1 is 0.971 bits per heavy atom. The number of hydrogen-bond acceptors (Lipinski definition) is 6. The lowest BCUT2D eigenvalue weighted by Gasteiger charge is -2.01. The fourth-order valence-corrected chi connectivity index (χ4v) is 4.49. The van der Waals surface area contributed by atoms with E-state index in [0.29, 0.717) is 21.5 Å². The molecule has 5 rings (SSSR count). The molecule has 2 heterocycles. The molecule has 9 heteroatoms. The number of methoxy groups -OCH3 is 1. The van der Waals surface area contributed by atoms with Crippen LogP contribution in [0.2, 0.25) is 5.02 Å². The number of hydrogen-bond donors (Lipinski definition) is 1. The van der Waals surface area contributed by atoms with Crippen molar-refractivity contribution in [3.63, 3.8) is 0 Å². The van der Waals surface area contributed by atoms with Gasteiger partial charge in [-0.05, 0) is 48.9 Å². The fourth-order valence-electron chi connectivity index (χ4n) is 3.53. The molecule has 3 aromatic carbocycles. The molecule has 0 aliphatic carbocycles. The maximum Gasteiger partial charge on any atom is 0.301 e. The van der Waals surface area contributed by atoms with Crippen LogP contribution in [0.25, 0.3) is 27.6 Å². The highest BCUT2D eigenvalue weighted by Crippen LogP contribution is 2.32. The average Bonchev–Trinajstić information content (AvgIpc) is 3.50. The van der Waals surface area contributed by atoms with Crippen molar-refractivity contribution in [3.05, 3.63) is 99.1 Å². The number of benzene rings is 3. The molecular formula is C26H20ClN5O2S. The van der Waals surface area contributed by atoms with Gasteiger partial charge in [-0.1, -0.05) is 48.0 Å². The van der Waals surface area contributed by atoms with Crippen molar-refractivity contribution in [1.29, 1.82) is 0 Å². The minimum Gasteiger partial charge on any atom is -0.497 e. The van der Waals surface area contributed by atoms with Crippen LogP contribution < -0.4 is 10.3 Å². The van der Waals surface area contributed by atoms with E-state index < -0.39 is 0 Å². The van der Waals surface area contributed by atoms with Crippen LogP contribution in [0.4, 0.5) is 11.4 Å². The van der Waals surface area contributed by atoms with E-state index in [1.807, 2.05) is 66.9 Å². The molecule has 0 saturated carbocycles. The highest BCUT2D eigenvalue weighted by Gasteiger charge is 2.19. The third-order valence-corrected chi connectivity index (χ3v) is 6.73. The number of halogens is 1. The first kappa shape index (κ1) is 22.8. The van der Waals surface area contributed by atoms with E-state index in [0.717, 1.165) is 28.1 Å². The molecule has 0 saturated heterocycles. The van der Waals surface area contributed by atoms with Gasteiger partial charge in [0.1, 0.15) is 5.75 Å². The lowest BCUT2D eigenvalue weighted by Crippen LogP contribution is -2.13. The molecule has 0 unspecified atom stereocenters. The number of aromatic amines is 1. The molecule has 174 valence electrons. The summed E-state index contributed by atoms with van der Waals surface area (Å²) in [5.41, 5.74) is 4.28. The predicted octanol–water partition coefficient (Wildman–Crippen LogP) is 7.34. The maximum absolute atomic E-state index is 13.5. The van der Waals surface area contributed by atoms with Gasteiger partial charge in [-0.3, -0.25) is 9.89 Å². The molecule has 0 aliphatic heterocycles. The summed E-state index contributed by atoms with van der Waals surface area (Å²) in [7, 11) is 1.63. The Balaban J connectivity index is 1.58. The molecule has 2 aromatic heterocycles. The normalized spacial score (nSPS) is 11.3. The van der Waals surface area contributed by atoms with E-state index in [1.165, 1.54) is 16.0 Å². The zero-order valence-corrected chi connectivity index (χ0v) is 20.5. The topological polar surface area (TPSA) is 84.6 Å². The largest absolute Gasteiger partial charge is 0.497 e. The molecule has 5 aromatic rings. The molecule has 1 N–H and O–H groups in total. The van der Waals surface area contributed by atoms with Crippen LogP contribution in [-0.4, -0.2) is 21.9 Å². The number of H-pyrrole nitrogens is 1. The van der Waals surface area contributed by atoms with Crippen molar-refractivity contribution in [2.45, 2.75) is 6.92 Å². The van der Waals surface area contributed by atoms with Crippen molar-refractivity contribution in [2.75, 3.05) is 7.11 Å². The minimum atomic E-state index is -0.345. The Bertz CT molecular complexity index is 1570. The van der Waals surface area contributed by atoms with Crippen LogP contribution in [0.1, 0.15) is 5.56 Å². The molecule has 0 spiro atoms. The standard InChI is InChI=1S/C26H20ClN5O2S/c1-16-20(27)9-6-10-21(16)29-30-24-23(18-7-4-3-5-8-18)31-32(25(24)33)26-28-22(15-35-26)17-11-13-19(34-2)14-12-17/h3-15,31H,1-2H3. The van der Waals surface area contributed by atoms with Crippen molar-refractivity contribution in [3.8, 4) is 33.4 Å². The quantitative estimate of drug-likeness (QED) is 0.247. The van der Waals surface area contributed by atoms with Crippen molar-refractivity contribution < 1.29 is 4.74 Å². The van der Waals surface area contributed by atoms with E-state index in [4.69, 9.17) is 16.3 Å². The van der Waals surface area contributed by atoms with Crippen LogP contribution >= 0.6 is 22.9 Å². The lowest BCUT2D eigenvalue weighted by atomic mass is 10.1. The van der Waals surface area contributed by atoms with Crippen LogP contribution in [0.5, 0.6) is 5.75 Å². The van der Waals surface area contributed by atoms with Gasteiger partial charge in [-0.2, -0.15) is 4.68 Å². The van der Waals surface area contributed by atoms with Gasteiger partial charge in [0.15, 0.2) is 5.69 Å². The van der Waals surface area contributed by atoms with E-state index >= 15 is 0 Å². The predicted molar refractivity (Wildman–Crippen MR) is 140 cm³/mol. The van der Waals surface area contributed by atoms with E-state index in [-0.39, 0.29) is 11.2 Å². The summed E-state index contributed by atoms with van der Waals surface area (Å²) in [6, 6.07) is 22.5. The third kappa shape index (κ3) is 4.53. The van der Waals surface area contributed by atoms with Crippen molar-refractivity contribution >= 4 is 34.3 Å². The molecule has 0 fully saturated rings. The van der Waals surface area contributed by atoms with Gasteiger partial charge in [0.05, 0.1) is 24.2 Å². The van der Waals surface area contributed by atoms with E-state index in [1.54, 1.807) is 25.3 Å². The molecule has 35 heavy (non-hydrogen) atoms. The first-order valence-electron chi connectivity index (χ1n) is 10.7. The minimum absolute atomic E-state index is 0.191. The second-order valence-electron chi connectivity index (χ2n) is 7.67. The summed E-state index contributed by atoms with van der Waals surface area (Å²) in [5, 5.41) is 14.9. The SMILES string of the molecule is COc1ccc(-c2csc(-n3[nH]c(-c4ccccc4)c(N=Nc4cccc(Cl)c4C)c3=O)n2)cc1. The van der Waals surface area contributed by atoms with Crippen LogP contribution in [0, 0.1) is 6.92 Å². The Morgan fingerprint density at radius 2 is 1.74 bits per heavy atom. The van der Waals surface area contributed by atoms with E-state index in [9.17, 15) is 4.79 Å². The summed E-state index contributed by atoms with van der Waals surface area (Å²) in [6.07, 6.45) is 0. The molecule has 0 atom stereocenters. The summed E-state index contributed by atoms with van der Waals surface area (Å²) in [5.74, 6) is 0.766. The van der Waals surface area contributed by atoms with Gasteiger partial charge < -0.3 is 4.74 Å². The first-order chi connectivity index (χ1) is 17.0. The van der Waals surface area contributed by atoms with Crippen LogP contribution in [0.15, 0.2) is 93.2 Å². The van der Waals surface area contributed by atoms with Gasteiger partial charge in [-0.15, -0.1) is 21.6 Å². The summed E-state index contributed by atoms with van der Waals surface area (Å²) in [4.78, 5) is 18.1. The average molecular weight is 502 g/mol. The highest BCUT2D eigenvalue weighted by atomic mass is 35.5. The van der Waals surface area contributed by atoms with Gasteiger partial charge in [0.2, 0.25) is 5.13 Å². The summed E-state index contributed by atoms with van der Waals surface area (Å²) >= 11 is 7.58. The van der Waals surface area contributed by atoms with Crippen molar-refractivity contribution in [2.24, 2.45) is 10.2 Å². The number of thiazole rings is 1. The Kier molecular flexibility index (Phi) is 6.31. The molecule has 0 bridgehead atoms. The zero-order valence-electron chi connectivity index (χ0n) is 18.9. The Morgan fingerprint density at radius 3 is 2.49 bits per heavy atom. The number of azo groups is 1. The smallest absolute Gasteiger partial charge is 0.301 e. The molecule has 0 radical (unpaired) electrons. The number of nitrogens with zero attached hydrogens (tertiary/aromatic N) is 4. The molecular weight excluding hydrogens is 482 g/mol. The van der Waals surface area contributed by atoms with Crippen LogP contribution in [-0.2, 0) is 0 Å². The molecule has 7 nitrogen and oxygen atoms in total. The third-order valence-electron chi connectivity index (χ3n) is 5.49. The van der Waals surface area contributed by atoms with Crippen LogP contribution in [0.3, 0.4) is 0 Å². The first-order valence-corrected chi connectivity index (χ1v) is 12.0. The number of ether oxygens (including phenoxy) is 1. The van der Waals surface area contributed by atoms with Gasteiger partial charge >= 0.3 is 5.56 Å². The maximum atomic E-state index is 13.5. The summed E-state index contributed by atoms with van der Waals surface area (Å²) in [6.45, 7) is 1.86. The van der Waals surface area contributed by atoms with E-state index in [2.05, 4.69) is 20.3 Å². The Hall–Kier alpha value is -4.01. The number of aromatic nitrogens is 3. The second-order valence-corrected chi connectivity index (χ2v) is 8.91. The number of nitrogens with one attached hydrogen (secondary N) is 1. The van der Waals surface area contributed by atoms with Gasteiger partial charge in [0.25, 0.3) is 0 Å². The van der Waals surface area contributed by atoms with Crippen molar-refractivity contribution in [1.82, 2.24) is 14.8 Å². The number of rotatable bonds is 6. The Labute approximate surface area is 210 Å². The monoisotopic (exact) mass is 501 g/mol. The summed E-state index contributed by atoms with van der Waals surface area (Å²) < 4.78 is 6.63.